The van der Waals surface area contributed by atoms with E-state index in [1.54, 1.807) is 0 Å². The number of hydrogen-bond acceptors (Lipinski definition) is 7. The van der Waals surface area contributed by atoms with Crippen LogP contribution in [-0.2, 0) is 14.8 Å². The molecule has 1 heterocycles. The van der Waals surface area contributed by atoms with Crippen LogP contribution in [0.3, 0.4) is 0 Å². The van der Waals surface area contributed by atoms with Crippen molar-refractivity contribution >= 4 is 21.9 Å². The summed E-state index contributed by atoms with van der Waals surface area (Å²) in [6.07, 6.45) is 2.26. The average Bonchev–Trinajstić information content (AvgIpc) is 2.34. The fourth-order valence-corrected chi connectivity index (χ4v) is 1.96. The Morgan fingerprint density at radius 3 is 2.44 bits per heavy atom. The molecule has 0 spiro atoms. The van der Waals surface area contributed by atoms with Crippen LogP contribution < -0.4 is 21.3 Å². The smallest absolute Gasteiger partial charge is 0.243 e. The molecule has 9 nitrogen and oxygen atoms in total. The zero-order chi connectivity index (χ0) is 13.6. The van der Waals surface area contributed by atoms with Crippen LogP contribution in [0, 0.1) is 0 Å². The molecule has 1 aromatic rings. The van der Waals surface area contributed by atoms with E-state index in [2.05, 4.69) is 25.4 Å². The molecule has 18 heavy (non-hydrogen) atoms. The van der Waals surface area contributed by atoms with Gasteiger partial charge in [-0.2, -0.15) is 0 Å². The van der Waals surface area contributed by atoms with Gasteiger partial charge in [0.2, 0.25) is 21.9 Å². The number of amides is 1. The van der Waals surface area contributed by atoms with E-state index in [-0.39, 0.29) is 29.8 Å². The van der Waals surface area contributed by atoms with Gasteiger partial charge in [-0.25, -0.2) is 29.0 Å². The van der Waals surface area contributed by atoms with Gasteiger partial charge in [0.25, 0.3) is 0 Å². The molecule has 0 atom stereocenters. The molecule has 1 amide bonds. The maximum absolute atomic E-state index is 11.7. The minimum absolute atomic E-state index is 0.0793. The normalized spacial score (nSPS) is 11.0. The minimum atomic E-state index is -3.68. The van der Waals surface area contributed by atoms with Crippen molar-refractivity contribution in [3.05, 3.63) is 12.4 Å². The number of anilines is 1. The lowest BCUT2D eigenvalue weighted by Gasteiger charge is -2.06. The molecule has 0 saturated heterocycles. The highest BCUT2D eigenvalue weighted by molar-refractivity contribution is 7.89. The van der Waals surface area contributed by atoms with Gasteiger partial charge in [0.15, 0.2) is 0 Å². The van der Waals surface area contributed by atoms with E-state index in [9.17, 15) is 13.2 Å². The lowest BCUT2D eigenvalue weighted by atomic mass is 10.6. The fraction of sp³-hybridized carbons (Fsp3) is 0.375. The van der Waals surface area contributed by atoms with Crippen LogP contribution in [-0.4, -0.2) is 37.4 Å². The van der Waals surface area contributed by atoms with Crippen molar-refractivity contribution in [3.63, 3.8) is 0 Å². The maximum Gasteiger partial charge on any atom is 0.243 e. The predicted molar refractivity (Wildman–Crippen MR) is 63.7 cm³/mol. The number of nitrogens with zero attached hydrogens (tertiary/aromatic N) is 2. The summed E-state index contributed by atoms with van der Waals surface area (Å²) < 4.78 is 25.7. The number of nitrogens with one attached hydrogen (secondary N) is 3. The second-order valence-electron chi connectivity index (χ2n) is 3.27. The number of sulfonamides is 1. The van der Waals surface area contributed by atoms with E-state index in [1.807, 2.05) is 0 Å². The van der Waals surface area contributed by atoms with Crippen molar-refractivity contribution < 1.29 is 13.2 Å². The molecule has 0 aliphatic heterocycles. The highest BCUT2D eigenvalue weighted by Crippen LogP contribution is 2.05. The Kier molecular flexibility index (Phi) is 4.95. The first-order chi connectivity index (χ1) is 8.45. The summed E-state index contributed by atoms with van der Waals surface area (Å²) >= 11 is 0. The molecule has 0 aromatic carbocycles. The minimum Gasteiger partial charge on any atom is -0.355 e. The third kappa shape index (κ3) is 4.24. The SMILES string of the molecule is CC(=O)NCCNS(=O)(=O)c1cnc(NN)nc1. The van der Waals surface area contributed by atoms with E-state index in [1.165, 1.54) is 6.92 Å². The van der Waals surface area contributed by atoms with Gasteiger partial charge in [-0.3, -0.25) is 10.2 Å². The summed E-state index contributed by atoms with van der Waals surface area (Å²) in [7, 11) is -3.68. The van der Waals surface area contributed by atoms with Gasteiger partial charge in [-0.15, -0.1) is 0 Å². The molecular formula is C8H14N6O3S. The Hall–Kier alpha value is -1.78. The Bertz CT molecular complexity index is 500. The number of nitrogens with two attached hydrogens (primary N) is 1. The second-order valence-corrected chi connectivity index (χ2v) is 5.03. The Balaban J connectivity index is 2.59. The summed E-state index contributed by atoms with van der Waals surface area (Å²) in [6, 6.07) is 0. The van der Waals surface area contributed by atoms with E-state index in [0.717, 1.165) is 12.4 Å². The highest BCUT2D eigenvalue weighted by atomic mass is 32.2. The molecule has 100 valence electrons. The van der Waals surface area contributed by atoms with Gasteiger partial charge in [-0.05, 0) is 0 Å². The number of carbonyl (C=O) groups is 1. The van der Waals surface area contributed by atoms with Gasteiger partial charge in [0, 0.05) is 20.0 Å². The molecule has 0 saturated carbocycles. The average molecular weight is 274 g/mol. The van der Waals surface area contributed by atoms with Crippen molar-refractivity contribution in [2.75, 3.05) is 18.5 Å². The summed E-state index contributed by atoms with van der Waals surface area (Å²) in [5.41, 5.74) is 2.19. The first kappa shape index (κ1) is 14.3. The van der Waals surface area contributed by atoms with E-state index in [4.69, 9.17) is 5.84 Å². The lowest BCUT2D eigenvalue weighted by molar-refractivity contribution is -0.118. The molecule has 0 aliphatic rings. The number of rotatable bonds is 6. The van der Waals surface area contributed by atoms with Crippen LogP contribution in [0.25, 0.3) is 0 Å². The molecule has 1 rings (SSSR count). The largest absolute Gasteiger partial charge is 0.355 e. The molecule has 10 heteroatoms. The zero-order valence-electron chi connectivity index (χ0n) is 9.67. The van der Waals surface area contributed by atoms with Crippen molar-refractivity contribution in [1.29, 1.82) is 0 Å². The van der Waals surface area contributed by atoms with Crippen molar-refractivity contribution in [2.24, 2.45) is 5.84 Å². The van der Waals surface area contributed by atoms with Gasteiger partial charge in [0.1, 0.15) is 4.90 Å². The molecule has 0 fully saturated rings. The summed E-state index contributed by atoms with van der Waals surface area (Å²) in [5, 5.41) is 2.46. The molecule has 0 radical (unpaired) electrons. The van der Waals surface area contributed by atoms with Gasteiger partial charge in [-0.1, -0.05) is 0 Å². The van der Waals surface area contributed by atoms with Crippen LogP contribution in [0.2, 0.25) is 0 Å². The first-order valence-corrected chi connectivity index (χ1v) is 6.47. The van der Waals surface area contributed by atoms with Crippen LogP contribution in [0.1, 0.15) is 6.92 Å². The summed E-state index contributed by atoms with van der Waals surface area (Å²) in [6.45, 7) is 1.64. The van der Waals surface area contributed by atoms with Crippen molar-refractivity contribution in [2.45, 2.75) is 11.8 Å². The summed E-state index contributed by atoms with van der Waals surface area (Å²) in [4.78, 5) is 17.9. The summed E-state index contributed by atoms with van der Waals surface area (Å²) in [5.74, 6) is 4.95. The van der Waals surface area contributed by atoms with E-state index >= 15 is 0 Å². The van der Waals surface area contributed by atoms with Crippen LogP contribution in [0.15, 0.2) is 17.3 Å². The van der Waals surface area contributed by atoms with Gasteiger partial charge in [0.05, 0.1) is 12.4 Å². The number of hydrazine groups is 1. The topological polar surface area (TPSA) is 139 Å². The molecule has 5 N–H and O–H groups in total. The van der Waals surface area contributed by atoms with Gasteiger partial charge < -0.3 is 5.32 Å². The predicted octanol–water partition coefficient (Wildman–Crippen LogP) is -1.82. The van der Waals surface area contributed by atoms with Crippen LogP contribution >= 0.6 is 0 Å². The van der Waals surface area contributed by atoms with Gasteiger partial charge >= 0.3 is 0 Å². The monoisotopic (exact) mass is 274 g/mol. The number of carbonyl (C=O) groups excluding carboxylic acids is 1. The lowest BCUT2D eigenvalue weighted by Crippen LogP contribution is -2.33. The molecule has 0 unspecified atom stereocenters. The molecular weight excluding hydrogens is 260 g/mol. The second kappa shape index (κ2) is 6.23. The third-order valence-electron chi connectivity index (χ3n) is 1.86. The first-order valence-electron chi connectivity index (χ1n) is 4.98. The standard InChI is InChI=1S/C8H14N6O3S/c1-6(15)10-2-3-13-18(16,17)7-4-11-8(14-9)12-5-7/h4-5,13H,2-3,9H2,1H3,(H,10,15)(H,11,12,14). The molecule has 1 aromatic heterocycles. The van der Waals surface area contributed by atoms with Crippen molar-refractivity contribution in [3.8, 4) is 0 Å². The van der Waals surface area contributed by atoms with Crippen LogP contribution in [0.4, 0.5) is 5.95 Å². The maximum atomic E-state index is 11.7. The quantitative estimate of drug-likeness (QED) is 0.272. The Labute approximate surface area is 104 Å². The third-order valence-corrected chi connectivity index (χ3v) is 3.27. The molecule has 0 bridgehead atoms. The Morgan fingerprint density at radius 2 is 1.94 bits per heavy atom. The highest BCUT2D eigenvalue weighted by Gasteiger charge is 2.14. The van der Waals surface area contributed by atoms with E-state index < -0.39 is 10.0 Å². The molecule has 0 aliphatic carbocycles. The van der Waals surface area contributed by atoms with Crippen LogP contribution in [0.5, 0.6) is 0 Å². The Morgan fingerprint density at radius 1 is 1.33 bits per heavy atom. The number of hydrogen-bond donors (Lipinski definition) is 4. The fourth-order valence-electron chi connectivity index (χ4n) is 1.04. The van der Waals surface area contributed by atoms with Crippen molar-refractivity contribution in [1.82, 2.24) is 20.0 Å². The zero-order valence-corrected chi connectivity index (χ0v) is 10.5. The number of nitrogen functional groups attached to an aromatic ring is 1. The van der Waals surface area contributed by atoms with E-state index in [0.29, 0.717) is 0 Å². The number of aromatic nitrogens is 2.